The number of nitrogens with zero attached hydrogens (tertiary/aromatic N) is 2. The summed E-state index contributed by atoms with van der Waals surface area (Å²) in [6, 6.07) is 7.11. The van der Waals surface area contributed by atoms with Crippen LogP contribution in [0.3, 0.4) is 0 Å². The molecule has 2 aromatic carbocycles. The average Bonchev–Trinajstić information content (AvgIpc) is 3.24. The number of rotatable bonds is 8. The Kier molecular flexibility index (Phi) is 7.01. The molecule has 0 atom stereocenters. The lowest BCUT2D eigenvalue weighted by Crippen LogP contribution is -2.21. The number of ether oxygens (including phenoxy) is 3. The molecule has 3 aromatic rings. The molecule has 0 radical (unpaired) electrons. The lowest BCUT2D eigenvalue weighted by molar-refractivity contribution is -0.385. The van der Waals surface area contributed by atoms with E-state index in [9.17, 15) is 28.1 Å². The Balaban J connectivity index is 1.71. The Morgan fingerprint density at radius 2 is 1.88 bits per heavy atom. The SMILES string of the molecule is COc1ccc(OC)c(-c2csc(NC(=O)COc3ccc([N+](=O)[O-])cc3C(F)(F)F)n2)c1. The Morgan fingerprint density at radius 1 is 1.15 bits per heavy atom. The molecular weight excluding hydrogens is 467 g/mol. The summed E-state index contributed by atoms with van der Waals surface area (Å²) in [5, 5.41) is 15.0. The van der Waals surface area contributed by atoms with Crippen LogP contribution in [0.4, 0.5) is 24.0 Å². The molecule has 0 spiro atoms. The Labute approximate surface area is 188 Å². The monoisotopic (exact) mass is 483 g/mol. The summed E-state index contributed by atoms with van der Waals surface area (Å²) in [6.45, 7) is -0.766. The molecule has 0 aliphatic heterocycles. The number of thiazole rings is 1. The zero-order valence-corrected chi connectivity index (χ0v) is 18.0. The van der Waals surface area contributed by atoms with Crippen molar-refractivity contribution < 1.29 is 37.1 Å². The molecule has 13 heteroatoms. The third-order valence-electron chi connectivity index (χ3n) is 4.27. The van der Waals surface area contributed by atoms with Crippen LogP contribution < -0.4 is 19.5 Å². The van der Waals surface area contributed by atoms with E-state index in [1.165, 1.54) is 14.2 Å². The number of alkyl halides is 3. The van der Waals surface area contributed by atoms with Crippen molar-refractivity contribution in [3.05, 3.63) is 57.5 Å². The molecule has 0 unspecified atom stereocenters. The highest BCUT2D eigenvalue weighted by Crippen LogP contribution is 2.38. The molecule has 0 saturated heterocycles. The minimum atomic E-state index is -4.90. The average molecular weight is 483 g/mol. The van der Waals surface area contributed by atoms with Gasteiger partial charge in [-0.25, -0.2) is 4.98 Å². The van der Waals surface area contributed by atoms with E-state index in [1.807, 2.05) is 0 Å². The first-order valence-corrected chi connectivity index (χ1v) is 9.96. The van der Waals surface area contributed by atoms with Crippen LogP contribution >= 0.6 is 11.3 Å². The number of anilines is 1. The molecule has 33 heavy (non-hydrogen) atoms. The third kappa shape index (κ3) is 5.68. The van der Waals surface area contributed by atoms with E-state index in [-0.39, 0.29) is 5.13 Å². The van der Waals surface area contributed by atoms with E-state index in [2.05, 4.69) is 10.3 Å². The van der Waals surface area contributed by atoms with Gasteiger partial charge in [0.2, 0.25) is 0 Å². The number of nitro groups is 1. The standard InChI is InChI=1S/C20H16F3N3O6S/c1-30-12-4-6-16(31-2)13(8-12)15-10-33-19(24-15)25-18(27)9-32-17-5-3-11(26(28)29)7-14(17)20(21,22)23/h3-8,10H,9H2,1-2H3,(H,24,25,27). The number of nitro benzene ring substituents is 1. The van der Waals surface area contributed by atoms with Gasteiger partial charge in [-0.05, 0) is 24.3 Å². The summed E-state index contributed by atoms with van der Waals surface area (Å²) in [5.74, 6) is -0.370. The molecule has 3 rings (SSSR count). The van der Waals surface area contributed by atoms with Crippen molar-refractivity contribution in [2.45, 2.75) is 6.18 Å². The van der Waals surface area contributed by atoms with E-state index < -0.39 is 40.6 Å². The van der Waals surface area contributed by atoms with Gasteiger partial charge in [-0.2, -0.15) is 13.2 Å². The number of aromatic nitrogens is 1. The molecule has 0 aliphatic rings. The Bertz CT molecular complexity index is 1180. The molecule has 9 nitrogen and oxygen atoms in total. The predicted octanol–water partition coefficient (Wildman–Crippen LogP) is 4.77. The van der Waals surface area contributed by atoms with Gasteiger partial charge in [-0.15, -0.1) is 11.3 Å². The second-order valence-corrected chi connectivity index (χ2v) is 7.23. The number of non-ortho nitro benzene ring substituents is 1. The summed E-state index contributed by atoms with van der Waals surface area (Å²) >= 11 is 1.09. The number of methoxy groups -OCH3 is 2. The summed E-state index contributed by atoms with van der Waals surface area (Å²) in [5.41, 5.74) is -0.999. The summed E-state index contributed by atoms with van der Waals surface area (Å²) in [6.07, 6.45) is -4.90. The second-order valence-electron chi connectivity index (χ2n) is 6.38. The van der Waals surface area contributed by atoms with Gasteiger partial charge in [-0.1, -0.05) is 0 Å². The van der Waals surface area contributed by atoms with Crippen LogP contribution in [0.5, 0.6) is 17.2 Å². The van der Waals surface area contributed by atoms with Crippen LogP contribution in [0.15, 0.2) is 41.8 Å². The van der Waals surface area contributed by atoms with Crippen molar-refractivity contribution in [3.63, 3.8) is 0 Å². The number of amides is 1. The number of nitrogens with one attached hydrogen (secondary N) is 1. The second kappa shape index (κ2) is 9.73. The van der Waals surface area contributed by atoms with Gasteiger partial charge in [0.15, 0.2) is 11.7 Å². The number of benzene rings is 2. The van der Waals surface area contributed by atoms with Gasteiger partial charge in [-0.3, -0.25) is 20.2 Å². The van der Waals surface area contributed by atoms with Crippen molar-refractivity contribution in [1.82, 2.24) is 4.98 Å². The number of halogens is 3. The van der Waals surface area contributed by atoms with Crippen LogP contribution in [-0.4, -0.2) is 36.6 Å². The predicted molar refractivity (Wildman–Crippen MR) is 113 cm³/mol. The quantitative estimate of drug-likeness (QED) is 0.363. The van der Waals surface area contributed by atoms with E-state index in [0.29, 0.717) is 28.8 Å². The minimum absolute atomic E-state index is 0.184. The molecule has 0 saturated carbocycles. The van der Waals surface area contributed by atoms with Gasteiger partial charge < -0.3 is 14.2 Å². The van der Waals surface area contributed by atoms with E-state index in [4.69, 9.17) is 14.2 Å². The fourth-order valence-corrected chi connectivity index (χ4v) is 3.47. The summed E-state index contributed by atoms with van der Waals surface area (Å²) < 4.78 is 55.1. The first-order valence-electron chi connectivity index (χ1n) is 9.08. The minimum Gasteiger partial charge on any atom is -0.497 e. The molecule has 1 N–H and O–H groups in total. The smallest absolute Gasteiger partial charge is 0.420 e. The van der Waals surface area contributed by atoms with Crippen molar-refractivity contribution in [2.75, 3.05) is 26.1 Å². The van der Waals surface area contributed by atoms with E-state index >= 15 is 0 Å². The fraction of sp³-hybridized carbons (Fsp3) is 0.200. The molecule has 0 aliphatic carbocycles. The van der Waals surface area contributed by atoms with Gasteiger partial charge >= 0.3 is 6.18 Å². The molecule has 1 aromatic heterocycles. The highest BCUT2D eigenvalue weighted by atomic mass is 32.1. The molecule has 1 amide bonds. The number of hydrogen-bond donors (Lipinski definition) is 1. The first kappa shape index (κ1) is 23.8. The van der Waals surface area contributed by atoms with Crippen molar-refractivity contribution in [1.29, 1.82) is 0 Å². The Hall–Kier alpha value is -3.87. The maximum atomic E-state index is 13.2. The number of carbonyl (C=O) groups excluding carboxylic acids is 1. The highest BCUT2D eigenvalue weighted by Gasteiger charge is 2.36. The summed E-state index contributed by atoms with van der Waals surface area (Å²) in [4.78, 5) is 26.3. The maximum Gasteiger partial charge on any atom is 0.420 e. The topological polar surface area (TPSA) is 113 Å². The molecule has 1 heterocycles. The zero-order valence-electron chi connectivity index (χ0n) is 17.1. The number of carbonyl (C=O) groups is 1. The van der Waals surface area contributed by atoms with E-state index in [1.54, 1.807) is 23.6 Å². The molecule has 0 bridgehead atoms. The van der Waals surface area contributed by atoms with Crippen molar-refractivity contribution in [2.24, 2.45) is 0 Å². The molecule has 174 valence electrons. The van der Waals surface area contributed by atoms with E-state index in [0.717, 1.165) is 23.5 Å². The first-order chi connectivity index (χ1) is 15.6. The van der Waals surface area contributed by atoms with Crippen molar-refractivity contribution >= 4 is 28.1 Å². The van der Waals surface area contributed by atoms with Crippen LogP contribution in [0.25, 0.3) is 11.3 Å². The molecular formula is C20H16F3N3O6S. The van der Waals surface area contributed by atoms with Crippen LogP contribution in [0.1, 0.15) is 5.56 Å². The van der Waals surface area contributed by atoms with Crippen LogP contribution in [0.2, 0.25) is 0 Å². The lowest BCUT2D eigenvalue weighted by Gasteiger charge is -2.13. The van der Waals surface area contributed by atoms with Crippen molar-refractivity contribution in [3.8, 4) is 28.5 Å². The van der Waals surface area contributed by atoms with Gasteiger partial charge in [0.1, 0.15) is 22.8 Å². The lowest BCUT2D eigenvalue weighted by atomic mass is 10.1. The summed E-state index contributed by atoms with van der Waals surface area (Å²) in [7, 11) is 3.00. The van der Waals surface area contributed by atoms with Gasteiger partial charge in [0, 0.05) is 23.1 Å². The van der Waals surface area contributed by atoms with Crippen LogP contribution in [-0.2, 0) is 11.0 Å². The largest absolute Gasteiger partial charge is 0.497 e. The van der Waals surface area contributed by atoms with Gasteiger partial charge in [0.25, 0.3) is 11.6 Å². The highest BCUT2D eigenvalue weighted by molar-refractivity contribution is 7.14. The third-order valence-corrected chi connectivity index (χ3v) is 5.03. The number of hydrogen-bond acceptors (Lipinski definition) is 8. The zero-order chi connectivity index (χ0) is 24.2. The van der Waals surface area contributed by atoms with Gasteiger partial charge in [0.05, 0.1) is 24.8 Å². The maximum absolute atomic E-state index is 13.2. The van der Waals surface area contributed by atoms with Crippen LogP contribution in [0, 0.1) is 10.1 Å². The fourth-order valence-electron chi connectivity index (χ4n) is 2.75. The normalized spacial score (nSPS) is 11.1. The molecule has 0 fully saturated rings. The Morgan fingerprint density at radius 3 is 2.52 bits per heavy atom.